The molecule has 16 heavy (non-hydrogen) atoms. The summed E-state index contributed by atoms with van der Waals surface area (Å²) in [6.45, 7) is 1.96. The summed E-state index contributed by atoms with van der Waals surface area (Å²) in [5.41, 5.74) is 2.59. The molecule has 0 unspecified atom stereocenters. The minimum Gasteiger partial charge on any atom is -0.465 e. The first-order chi connectivity index (χ1) is 7.67. The number of hydrogen-bond donors (Lipinski definition) is 1. The first-order valence-corrected chi connectivity index (χ1v) is 5.11. The fourth-order valence-electron chi connectivity index (χ4n) is 1.25. The van der Waals surface area contributed by atoms with Crippen molar-refractivity contribution in [2.45, 2.75) is 13.3 Å². The van der Waals surface area contributed by atoms with E-state index < -0.39 is 0 Å². The quantitative estimate of drug-likeness (QED) is 0.623. The SMILES string of the molecule is COC(=O)c1ccc(C/C=C(\C)CO)cc1. The standard InChI is InChI=1S/C13H16O3/c1-10(9-14)3-4-11-5-7-12(8-6-11)13(15)16-2/h3,5-8,14H,4,9H2,1-2H3/b10-3+. The molecule has 0 amide bonds. The molecular formula is C13H16O3. The normalized spacial score (nSPS) is 11.3. The topological polar surface area (TPSA) is 46.5 Å². The Morgan fingerprint density at radius 2 is 2.00 bits per heavy atom. The number of rotatable bonds is 4. The minimum atomic E-state index is -0.325. The summed E-state index contributed by atoms with van der Waals surface area (Å²) in [4.78, 5) is 11.2. The summed E-state index contributed by atoms with van der Waals surface area (Å²) >= 11 is 0. The van der Waals surface area contributed by atoms with Crippen molar-refractivity contribution in [3.8, 4) is 0 Å². The molecule has 0 bridgehead atoms. The molecule has 0 spiro atoms. The van der Waals surface area contributed by atoms with E-state index in [1.165, 1.54) is 7.11 Å². The summed E-state index contributed by atoms with van der Waals surface area (Å²) < 4.78 is 4.61. The molecule has 1 aromatic carbocycles. The zero-order chi connectivity index (χ0) is 12.0. The van der Waals surface area contributed by atoms with Gasteiger partial charge in [-0.3, -0.25) is 0 Å². The fraction of sp³-hybridized carbons (Fsp3) is 0.308. The van der Waals surface area contributed by atoms with Gasteiger partial charge in [0.15, 0.2) is 0 Å². The van der Waals surface area contributed by atoms with Crippen LogP contribution in [0, 0.1) is 0 Å². The molecule has 0 saturated heterocycles. The van der Waals surface area contributed by atoms with Crippen LogP contribution < -0.4 is 0 Å². The highest BCUT2D eigenvalue weighted by atomic mass is 16.5. The highest BCUT2D eigenvalue weighted by Crippen LogP contribution is 2.07. The summed E-state index contributed by atoms with van der Waals surface area (Å²) in [6, 6.07) is 7.24. The molecule has 3 heteroatoms. The zero-order valence-corrected chi connectivity index (χ0v) is 9.56. The third-order valence-corrected chi connectivity index (χ3v) is 2.31. The third-order valence-electron chi connectivity index (χ3n) is 2.31. The van der Waals surface area contributed by atoms with Crippen molar-refractivity contribution in [3.05, 3.63) is 47.0 Å². The number of esters is 1. The van der Waals surface area contributed by atoms with Crippen molar-refractivity contribution in [1.29, 1.82) is 0 Å². The van der Waals surface area contributed by atoms with Crippen LogP contribution in [-0.4, -0.2) is 24.8 Å². The molecule has 0 aliphatic heterocycles. The van der Waals surface area contributed by atoms with Gasteiger partial charge in [0.25, 0.3) is 0 Å². The number of carbonyl (C=O) groups excluding carboxylic acids is 1. The van der Waals surface area contributed by atoms with E-state index in [1.54, 1.807) is 12.1 Å². The van der Waals surface area contributed by atoms with Crippen molar-refractivity contribution >= 4 is 5.97 Å². The summed E-state index contributed by atoms with van der Waals surface area (Å²) in [5.74, 6) is -0.325. The molecule has 0 aliphatic rings. The van der Waals surface area contributed by atoms with Crippen molar-refractivity contribution in [3.63, 3.8) is 0 Å². The average molecular weight is 220 g/mol. The van der Waals surface area contributed by atoms with Gasteiger partial charge < -0.3 is 9.84 Å². The fourth-order valence-corrected chi connectivity index (χ4v) is 1.25. The Hall–Kier alpha value is -1.61. The molecule has 0 atom stereocenters. The van der Waals surface area contributed by atoms with Crippen molar-refractivity contribution in [2.75, 3.05) is 13.7 Å². The van der Waals surface area contributed by atoms with Gasteiger partial charge in [-0.1, -0.05) is 23.8 Å². The molecule has 0 fully saturated rings. The number of hydrogen-bond acceptors (Lipinski definition) is 3. The molecule has 0 saturated carbocycles. The molecule has 1 aromatic rings. The maximum atomic E-state index is 11.2. The summed E-state index contributed by atoms with van der Waals surface area (Å²) in [6.07, 6.45) is 2.72. The van der Waals surface area contributed by atoms with Gasteiger partial charge in [0, 0.05) is 0 Å². The highest BCUT2D eigenvalue weighted by molar-refractivity contribution is 5.89. The number of aliphatic hydroxyl groups is 1. The second-order valence-electron chi connectivity index (χ2n) is 3.60. The van der Waals surface area contributed by atoms with E-state index in [4.69, 9.17) is 5.11 Å². The lowest BCUT2D eigenvalue weighted by Crippen LogP contribution is -2.00. The van der Waals surface area contributed by atoms with Crippen LogP contribution in [0.25, 0.3) is 0 Å². The van der Waals surface area contributed by atoms with Crippen LogP contribution in [0.4, 0.5) is 0 Å². The van der Waals surface area contributed by atoms with E-state index in [1.807, 2.05) is 25.1 Å². The second-order valence-corrected chi connectivity index (χ2v) is 3.60. The van der Waals surface area contributed by atoms with Gasteiger partial charge >= 0.3 is 5.97 Å². The van der Waals surface area contributed by atoms with E-state index in [9.17, 15) is 4.79 Å². The molecule has 0 radical (unpaired) electrons. The molecule has 0 heterocycles. The zero-order valence-electron chi connectivity index (χ0n) is 9.56. The van der Waals surface area contributed by atoms with Crippen LogP contribution >= 0.6 is 0 Å². The van der Waals surface area contributed by atoms with Crippen molar-refractivity contribution < 1.29 is 14.6 Å². The first-order valence-electron chi connectivity index (χ1n) is 5.11. The summed E-state index contributed by atoms with van der Waals surface area (Å²) in [5, 5.41) is 8.83. The van der Waals surface area contributed by atoms with Crippen molar-refractivity contribution in [1.82, 2.24) is 0 Å². The highest BCUT2D eigenvalue weighted by Gasteiger charge is 2.03. The lowest BCUT2D eigenvalue weighted by atomic mass is 10.1. The summed E-state index contributed by atoms with van der Waals surface area (Å²) in [7, 11) is 1.36. The minimum absolute atomic E-state index is 0.0836. The predicted octanol–water partition coefficient (Wildman–Crippen LogP) is 1.95. The molecule has 0 aliphatic carbocycles. The van der Waals surface area contributed by atoms with Crippen LogP contribution in [0.5, 0.6) is 0 Å². The number of ether oxygens (including phenoxy) is 1. The Kier molecular flexibility index (Phi) is 4.73. The monoisotopic (exact) mass is 220 g/mol. The Bertz CT molecular complexity index is 377. The molecule has 0 aromatic heterocycles. The van der Waals surface area contributed by atoms with Crippen LogP contribution in [-0.2, 0) is 11.2 Å². The van der Waals surface area contributed by atoms with Gasteiger partial charge in [-0.15, -0.1) is 0 Å². The maximum absolute atomic E-state index is 11.2. The van der Waals surface area contributed by atoms with Gasteiger partial charge in [-0.25, -0.2) is 4.79 Å². The van der Waals surface area contributed by atoms with Gasteiger partial charge in [0.1, 0.15) is 0 Å². The lowest BCUT2D eigenvalue weighted by molar-refractivity contribution is 0.0600. The predicted molar refractivity (Wildman–Crippen MR) is 62.3 cm³/mol. The maximum Gasteiger partial charge on any atom is 0.337 e. The largest absolute Gasteiger partial charge is 0.465 e. The van der Waals surface area contributed by atoms with E-state index in [0.717, 1.165) is 17.6 Å². The molecular weight excluding hydrogens is 204 g/mol. The van der Waals surface area contributed by atoms with Crippen molar-refractivity contribution in [2.24, 2.45) is 0 Å². The van der Waals surface area contributed by atoms with Crippen LogP contribution in [0.15, 0.2) is 35.9 Å². The van der Waals surface area contributed by atoms with Crippen LogP contribution in [0.1, 0.15) is 22.8 Å². The molecule has 1 N–H and O–H groups in total. The van der Waals surface area contributed by atoms with Gasteiger partial charge in [0.05, 0.1) is 19.3 Å². The lowest BCUT2D eigenvalue weighted by Gasteiger charge is -2.01. The van der Waals surface area contributed by atoms with E-state index in [2.05, 4.69) is 4.74 Å². The van der Waals surface area contributed by atoms with Gasteiger partial charge in [-0.2, -0.15) is 0 Å². The van der Waals surface area contributed by atoms with E-state index in [0.29, 0.717) is 5.56 Å². The number of allylic oxidation sites excluding steroid dienone is 1. The Labute approximate surface area is 95.4 Å². The van der Waals surface area contributed by atoms with Crippen LogP contribution in [0.3, 0.4) is 0 Å². The van der Waals surface area contributed by atoms with E-state index >= 15 is 0 Å². The molecule has 3 nitrogen and oxygen atoms in total. The number of aliphatic hydroxyl groups excluding tert-OH is 1. The smallest absolute Gasteiger partial charge is 0.337 e. The van der Waals surface area contributed by atoms with E-state index in [-0.39, 0.29) is 12.6 Å². The van der Waals surface area contributed by atoms with Gasteiger partial charge in [0.2, 0.25) is 0 Å². The average Bonchev–Trinajstić information content (AvgIpc) is 2.35. The number of carbonyl (C=O) groups is 1. The third kappa shape index (κ3) is 3.51. The van der Waals surface area contributed by atoms with Gasteiger partial charge in [-0.05, 0) is 31.0 Å². The number of benzene rings is 1. The number of methoxy groups -OCH3 is 1. The Morgan fingerprint density at radius 1 is 1.38 bits per heavy atom. The molecule has 86 valence electrons. The Balaban J connectivity index is 2.68. The molecule has 1 rings (SSSR count). The Morgan fingerprint density at radius 3 is 2.50 bits per heavy atom. The second kappa shape index (κ2) is 6.08. The van der Waals surface area contributed by atoms with Crippen LogP contribution in [0.2, 0.25) is 0 Å². The first kappa shape index (κ1) is 12.5.